The number of anilines is 1. The lowest BCUT2D eigenvalue weighted by Gasteiger charge is -2.33. The summed E-state index contributed by atoms with van der Waals surface area (Å²) >= 11 is 0. The number of hydrogen-bond acceptors (Lipinski definition) is 9. The highest BCUT2D eigenvalue weighted by Gasteiger charge is 2.49. The van der Waals surface area contributed by atoms with E-state index in [2.05, 4.69) is 85.7 Å². The Morgan fingerprint density at radius 1 is 1.19 bits per heavy atom. The minimum atomic E-state index is -0.351. The number of fused-ring (bicyclic) bond motifs is 1. The van der Waals surface area contributed by atoms with Crippen molar-refractivity contribution in [1.82, 2.24) is 26.1 Å². The summed E-state index contributed by atoms with van der Waals surface area (Å²) in [6.07, 6.45) is 15.7. The highest BCUT2D eigenvalue weighted by Crippen LogP contribution is 2.36. The summed E-state index contributed by atoms with van der Waals surface area (Å²) in [5.74, 6) is 1.51. The molecule has 1 aromatic rings. The van der Waals surface area contributed by atoms with Crippen LogP contribution in [0.3, 0.4) is 0 Å². The fourth-order valence-electron chi connectivity index (χ4n) is 6.13. The average molecular weight is 504 g/mol. The van der Waals surface area contributed by atoms with E-state index >= 15 is 0 Å². The van der Waals surface area contributed by atoms with Gasteiger partial charge in [-0.2, -0.15) is 5.10 Å². The largest absolute Gasteiger partial charge is 0.378 e. The van der Waals surface area contributed by atoms with Crippen molar-refractivity contribution in [1.29, 1.82) is 0 Å². The second-order valence-electron chi connectivity index (χ2n) is 11.0. The zero-order chi connectivity index (χ0) is 24.8. The maximum absolute atomic E-state index is 10.7. The monoisotopic (exact) mass is 503 g/mol. The third-order valence-corrected chi connectivity index (χ3v) is 8.52. The molecule has 5 unspecified atom stereocenters. The van der Waals surface area contributed by atoms with Crippen molar-refractivity contribution in [2.75, 3.05) is 31.1 Å². The number of hydrazine groups is 1. The first-order valence-electron chi connectivity index (χ1n) is 13.8. The molecule has 0 saturated carbocycles. The Hall–Kier alpha value is -2.69. The smallest absolute Gasteiger partial charge is 0.190 e. The number of hydrazone groups is 1. The van der Waals surface area contributed by atoms with Gasteiger partial charge in [0.15, 0.2) is 12.5 Å². The Labute approximate surface area is 218 Å². The molecule has 37 heavy (non-hydrogen) atoms. The van der Waals surface area contributed by atoms with Gasteiger partial charge in [0, 0.05) is 50.4 Å². The number of allylic oxidation sites excluding steroid dienone is 2. The van der Waals surface area contributed by atoms with E-state index in [9.17, 15) is 5.11 Å². The molecule has 0 bridgehead atoms. The fraction of sp³-hybridized carbons (Fsp3) is 0.536. The van der Waals surface area contributed by atoms with Gasteiger partial charge >= 0.3 is 0 Å². The molecule has 3 saturated heterocycles. The van der Waals surface area contributed by atoms with Crippen molar-refractivity contribution in [2.24, 2.45) is 11.0 Å². The highest BCUT2D eigenvalue weighted by molar-refractivity contribution is 5.99. The zero-order valence-electron chi connectivity index (χ0n) is 21.2. The number of hydrogen-bond donors (Lipinski definition) is 4. The molecular formula is C28H37N7O2. The Morgan fingerprint density at radius 2 is 2.08 bits per heavy atom. The molecule has 6 aliphatic rings. The number of aliphatic hydroxyl groups is 1. The van der Waals surface area contributed by atoms with Crippen molar-refractivity contribution in [3.63, 3.8) is 0 Å². The first kappa shape index (κ1) is 23.4. The number of amidine groups is 1. The van der Waals surface area contributed by atoms with Gasteiger partial charge in [-0.25, -0.2) is 5.43 Å². The third-order valence-electron chi connectivity index (χ3n) is 8.52. The number of nitrogens with zero attached hydrogens (tertiary/aromatic N) is 4. The molecule has 1 aliphatic carbocycles. The van der Waals surface area contributed by atoms with Crippen molar-refractivity contribution < 1.29 is 9.84 Å². The van der Waals surface area contributed by atoms with Crippen molar-refractivity contribution >= 4 is 17.1 Å². The summed E-state index contributed by atoms with van der Waals surface area (Å²) in [5, 5.41) is 21.0. The molecule has 0 radical (unpaired) electrons. The standard InChI is InChI=1S/C28H37N7O2/c36-26(17-22-10-13-29-22)33-15-11-19(18-33)16-25-31-32-27-28(37-27)35(25)24-8-4-21(5-9-24)20-2-6-23(7-3-20)34-14-1-12-30-34/h1-6,8-9,14,19,22-23,26-30,32,36H,7,10-13,15-18H2/t19-,22?,23?,26?,27?,28?/m0/s1. The van der Waals surface area contributed by atoms with Crippen LogP contribution in [0.2, 0.25) is 0 Å². The van der Waals surface area contributed by atoms with Crippen LogP contribution in [0.5, 0.6) is 0 Å². The van der Waals surface area contributed by atoms with Gasteiger partial charge < -0.3 is 20.2 Å². The van der Waals surface area contributed by atoms with Gasteiger partial charge in [-0.1, -0.05) is 36.4 Å². The van der Waals surface area contributed by atoms with Crippen molar-refractivity contribution in [2.45, 2.75) is 62.9 Å². The minimum Gasteiger partial charge on any atom is -0.378 e. The van der Waals surface area contributed by atoms with Crippen LogP contribution >= 0.6 is 0 Å². The molecule has 7 rings (SSSR count). The van der Waals surface area contributed by atoms with Gasteiger partial charge in [0.2, 0.25) is 0 Å². The molecular weight excluding hydrogens is 466 g/mol. The van der Waals surface area contributed by atoms with Gasteiger partial charge in [-0.05, 0) is 55.0 Å². The van der Waals surface area contributed by atoms with Crippen LogP contribution < -0.4 is 21.1 Å². The van der Waals surface area contributed by atoms with Gasteiger partial charge in [0.05, 0.1) is 6.04 Å². The van der Waals surface area contributed by atoms with E-state index in [1.165, 1.54) is 17.6 Å². The van der Waals surface area contributed by atoms with E-state index in [1.807, 2.05) is 0 Å². The number of rotatable bonds is 8. The molecule has 3 fully saturated rings. The van der Waals surface area contributed by atoms with Crippen LogP contribution in [0.4, 0.5) is 5.69 Å². The SMILES string of the molecule is OC(CC1CCN1)N1CC[C@@H](CC2=NNC3OC3N2c2ccc(C3=CCC(N4C=CCN4)C=C3)cc2)C1. The van der Waals surface area contributed by atoms with Gasteiger partial charge in [0.1, 0.15) is 12.1 Å². The number of nitrogens with one attached hydrogen (secondary N) is 3. The first-order valence-corrected chi connectivity index (χ1v) is 13.8. The second kappa shape index (κ2) is 9.89. The lowest BCUT2D eigenvalue weighted by atomic mass is 9.96. The summed E-state index contributed by atoms with van der Waals surface area (Å²) in [7, 11) is 0. The van der Waals surface area contributed by atoms with Crippen LogP contribution in [-0.4, -0.2) is 77.8 Å². The minimum absolute atomic E-state index is 0.00158. The van der Waals surface area contributed by atoms with E-state index < -0.39 is 0 Å². The molecule has 6 atom stereocenters. The zero-order valence-corrected chi connectivity index (χ0v) is 21.2. The summed E-state index contributed by atoms with van der Waals surface area (Å²) < 4.78 is 5.87. The predicted octanol–water partition coefficient (Wildman–Crippen LogP) is 1.92. The number of benzene rings is 1. The van der Waals surface area contributed by atoms with E-state index in [0.717, 1.165) is 63.4 Å². The predicted molar refractivity (Wildman–Crippen MR) is 144 cm³/mol. The number of epoxide rings is 1. The number of aliphatic hydroxyl groups excluding tert-OH is 1. The Bertz CT molecular complexity index is 1110. The number of likely N-dealkylation sites (tertiary alicyclic amines) is 1. The van der Waals surface area contributed by atoms with Crippen LogP contribution in [0.15, 0.2) is 59.9 Å². The maximum atomic E-state index is 10.7. The molecule has 5 heterocycles. The van der Waals surface area contributed by atoms with Crippen molar-refractivity contribution in [3.05, 3.63) is 60.3 Å². The maximum Gasteiger partial charge on any atom is 0.190 e. The first-order chi connectivity index (χ1) is 18.2. The van der Waals surface area contributed by atoms with Crippen LogP contribution in [0.25, 0.3) is 5.57 Å². The Kier molecular flexibility index (Phi) is 6.26. The Balaban J connectivity index is 0.992. The van der Waals surface area contributed by atoms with Gasteiger partial charge in [-0.15, -0.1) is 0 Å². The third kappa shape index (κ3) is 4.82. The topological polar surface area (TPSA) is 90.9 Å². The Morgan fingerprint density at radius 3 is 2.81 bits per heavy atom. The summed E-state index contributed by atoms with van der Waals surface area (Å²) in [5.41, 5.74) is 10.2. The second-order valence-corrected chi connectivity index (χ2v) is 11.0. The molecule has 196 valence electrons. The molecule has 1 aromatic carbocycles. The lowest BCUT2D eigenvalue weighted by Crippen LogP contribution is -2.48. The van der Waals surface area contributed by atoms with Crippen LogP contribution in [0.1, 0.15) is 37.7 Å². The van der Waals surface area contributed by atoms with Crippen molar-refractivity contribution in [3.8, 4) is 0 Å². The van der Waals surface area contributed by atoms with E-state index in [1.54, 1.807) is 0 Å². The normalized spacial score (nSPS) is 33.5. The molecule has 0 spiro atoms. The van der Waals surface area contributed by atoms with Crippen LogP contribution in [0, 0.1) is 5.92 Å². The molecule has 4 N–H and O–H groups in total. The molecule has 0 amide bonds. The van der Waals surface area contributed by atoms with Gasteiger partial charge in [-0.3, -0.25) is 15.2 Å². The van der Waals surface area contributed by atoms with Gasteiger partial charge in [0.25, 0.3) is 0 Å². The molecule has 0 aromatic heterocycles. The molecule has 9 nitrogen and oxygen atoms in total. The molecule has 9 heteroatoms. The van der Waals surface area contributed by atoms with E-state index in [0.29, 0.717) is 18.0 Å². The van der Waals surface area contributed by atoms with E-state index in [4.69, 9.17) is 9.84 Å². The summed E-state index contributed by atoms with van der Waals surface area (Å²) in [4.78, 5) is 4.50. The average Bonchev–Trinajstić information content (AvgIpc) is 3.27. The summed E-state index contributed by atoms with van der Waals surface area (Å²) in [6, 6.07) is 9.64. The quantitative estimate of drug-likeness (QED) is 0.400. The van der Waals surface area contributed by atoms with E-state index in [-0.39, 0.29) is 18.7 Å². The fourth-order valence-corrected chi connectivity index (χ4v) is 6.13. The lowest BCUT2D eigenvalue weighted by molar-refractivity contribution is -0.00157. The highest BCUT2D eigenvalue weighted by atomic mass is 16.6. The number of ether oxygens (including phenoxy) is 1. The van der Waals surface area contributed by atoms with Crippen LogP contribution in [-0.2, 0) is 4.74 Å². The summed E-state index contributed by atoms with van der Waals surface area (Å²) in [6.45, 7) is 3.85. The molecule has 5 aliphatic heterocycles.